The lowest BCUT2D eigenvalue weighted by molar-refractivity contribution is 0.314. The van der Waals surface area contributed by atoms with E-state index in [2.05, 4.69) is 20.7 Å². The maximum atomic E-state index is 11.9. The summed E-state index contributed by atoms with van der Waals surface area (Å²) in [6.45, 7) is 2.36. The largest absolute Gasteiger partial charge is 0.305 e. The van der Waals surface area contributed by atoms with Gasteiger partial charge in [-0.2, -0.15) is 0 Å². The molecule has 0 heterocycles. The number of hydrogen-bond acceptors (Lipinski definition) is 3. The molecular formula is C11H17BrN2O2S. The van der Waals surface area contributed by atoms with Crippen molar-refractivity contribution in [2.75, 3.05) is 20.6 Å². The summed E-state index contributed by atoms with van der Waals surface area (Å²) >= 11 is 3.27. The predicted molar refractivity (Wildman–Crippen MR) is 72.5 cm³/mol. The Balaban J connectivity index is 2.72. The van der Waals surface area contributed by atoms with Crippen molar-refractivity contribution in [1.29, 1.82) is 0 Å². The zero-order chi connectivity index (χ0) is 13.1. The monoisotopic (exact) mass is 320 g/mol. The fourth-order valence-corrected chi connectivity index (χ4v) is 2.50. The number of nitrogens with zero attached hydrogens (tertiary/aromatic N) is 1. The van der Waals surface area contributed by atoms with Gasteiger partial charge in [-0.05, 0) is 45.3 Å². The minimum atomic E-state index is -3.40. The van der Waals surface area contributed by atoms with Crippen LogP contribution in [0.3, 0.4) is 0 Å². The molecule has 0 saturated heterocycles. The third-order valence-corrected chi connectivity index (χ3v) is 4.54. The second-order valence-electron chi connectivity index (χ2n) is 4.12. The van der Waals surface area contributed by atoms with Gasteiger partial charge in [-0.15, -0.1) is 0 Å². The highest BCUT2D eigenvalue weighted by atomic mass is 79.9. The quantitative estimate of drug-likeness (QED) is 0.898. The minimum absolute atomic E-state index is 0.153. The van der Waals surface area contributed by atoms with Gasteiger partial charge in [0.15, 0.2) is 0 Å². The van der Waals surface area contributed by atoms with Crippen molar-refractivity contribution in [3.8, 4) is 0 Å². The molecule has 96 valence electrons. The maximum absolute atomic E-state index is 11.9. The van der Waals surface area contributed by atoms with Gasteiger partial charge in [-0.3, -0.25) is 0 Å². The third kappa shape index (κ3) is 4.39. The second kappa shape index (κ2) is 5.95. The average Bonchev–Trinajstić information content (AvgIpc) is 2.26. The SMILES string of the molecule is CC(CNS(=O)(=O)c1ccc(Br)cc1)N(C)C. The first kappa shape index (κ1) is 14.6. The van der Waals surface area contributed by atoms with Crippen molar-refractivity contribution in [3.05, 3.63) is 28.7 Å². The first-order valence-electron chi connectivity index (χ1n) is 5.24. The van der Waals surface area contributed by atoms with Crippen LogP contribution in [0, 0.1) is 0 Å². The molecule has 0 radical (unpaired) electrons. The standard InChI is InChI=1S/C11H17BrN2O2S/c1-9(14(2)3)8-13-17(15,16)11-6-4-10(12)5-7-11/h4-7,9,13H,8H2,1-3H3. The van der Waals surface area contributed by atoms with Crippen LogP contribution >= 0.6 is 15.9 Å². The van der Waals surface area contributed by atoms with Crippen molar-refractivity contribution < 1.29 is 8.42 Å². The summed E-state index contributed by atoms with van der Waals surface area (Å²) in [4.78, 5) is 2.25. The summed E-state index contributed by atoms with van der Waals surface area (Å²) in [6.07, 6.45) is 0. The number of nitrogens with one attached hydrogen (secondary N) is 1. The minimum Gasteiger partial charge on any atom is -0.305 e. The number of hydrogen-bond donors (Lipinski definition) is 1. The van der Waals surface area contributed by atoms with E-state index in [9.17, 15) is 8.42 Å². The fourth-order valence-electron chi connectivity index (χ4n) is 1.11. The molecule has 0 aliphatic rings. The molecule has 17 heavy (non-hydrogen) atoms. The van der Waals surface area contributed by atoms with Crippen LogP contribution < -0.4 is 4.72 Å². The first-order valence-corrected chi connectivity index (χ1v) is 7.52. The number of halogens is 1. The number of benzene rings is 1. The first-order chi connectivity index (χ1) is 7.83. The van der Waals surface area contributed by atoms with E-state index in [0.717, 1.165) is 4.47 Å². The molecule has 0 bridgehead atoms. The topological polar surface area (TPSA) is 49.4 Å². The van der Waals surface area contributed by atoms with Gasteiger partial charge in [-0.1, -0.05) is 15.9 Å². The summed E-state index contributed by atoms with van der Waals surface area (Å²) < 4.78 is 27.3. The average molecular weight is 321 g/mol. The zero-order valence-corrected chi connectivity index (χ0v) is 12.5. The molecule has 0 aliphatic carbocycles. The van der Waals surface area contributed by atoms with Crippen molar-refractivity contribution in [3.63, 3.8) is 0 Å². The summed E-state index contributed by atoms with van der Waals surface area (Å²) in [5.41, 5.74) is 0. The maximum Gasteiger partial charge on any atom is 0.240 e. The molecule has 1 aromatic carbocycles. The van der Waals surface area contributed by atoms with Crippen molar-refractivity contribution in [2.24, 2.45) is 0 Å². The Morgan fingerprint density at radius 3 is 2.29 bits per heavy atom. The van der Waals surface area contributed by atoms with E-state index in [1.54, 1.807) is 24.3 Å². The molecule has 1 unspecified atom stereocenters. The molecule has 1 atom stereocenters. The smallest absolute Gasteiger partial charge is 0.240 e. The van der Waals surface area contributed by atoms with Crippen LogP contribution in [0.25, 0.3) is 0 Å². The van der Waals surface area contributed by atoms with E-state index >= 15 is 0 Å². The lowest BCUT2D eigenvalue weighted by atomic mass is 10.3. The van der Waals surface area contributed by atoms with Gasteiger partial charge in [0.05, 0.1) is 4.90 Å². The van der Waals surface area contributed by atoms with Gasteiger partial charge >= 0.3 is 0 Å². The summed E-state index contributed by atoms with van der Waals surface area (Å²) in [5, 5.41) is 0. The molecule has 6 heteroatoms. The Bertz CT molecular complexity index is 457. The van der Waals surface area contributed by atoms with Crippen molar-refractivity contribution in [2.45, 2.75) is 17.9 Å². The number of rotatable bonds is 5. The zero-order valence-electron chi connectivity index (χ0n) is 10.1. The fraction of sp³-hybridized carbons (Fsp3) is 0.455. The molecule has 0 saturated carbocycles. The summed E-state index contributed by atoms with van der Waals surface area (Å²) in [6, 6.07) is 6.73. The highest BCUT2D eigenvalue weighted by Gasteiger charge is 2.15. The lowest BCUT2D eigenvalue weighted by Crippen LogP contribution is -2.38. The number of likely N-dealkylation sites (N-methyl/N-ethyl adjacent to an activating group) is 1. The molecule has 0 amide bonds. The lowest BCUT2D eigenvalue weighted by Gasteiger charge is -2.19. The molecule has 0 aliphatic heterocycles. The molecule has 0 spiro atoms. The second-order valence-corrected chi connectivity index (χ2v) is 6.80. The third-order valence-electron chi connectivity index (χ3n) is 2.57. The molecule has 4 nitrogen and oxygen atoms in total. The van der Waals surface area contributed by atoms with Crippen LogP contribution in [-0.4, -0.2) is 40.0 Å². The normalized spacial score (nSPS) is 13.9. The van der Waals surface area contributed by atoms with Gasteiger partial charge < -0.3 is 4.90 Å². The van der Waals surface area contributed by atoms with E-state index in [-0.39, 0.29) is 10.9 Å². The van der Waals surface area contributed by atoms with E-state index in [1.807, 2.05) is 25.9 Å². The molecule has 0 aromatic heterocycles. The van der Waals surface area contributed by atoms with Gasteiger partial charge in [0.1, 0.15) is 0 Å². The van der Waals surface area contributed by atoms with E-state index in [4.69, 9.17) is 0 Å². The Morgan fingerprint density at radius 1 is 1.29 bits per heavy atom. The van der Waals surface area contributed by atoms with E-state index < -0.39 is 10.0 Å². The van der Waals surface area contributed by atoms with Gasteiger partial charge in [0.2, 0.25) is 10.0 Å². The van der Waals surface area contributed by atoms with Crippen LogP contribution in [-0.2, 0) is 10.0 Å². The van der Waals surface area contributed by atoms with Crippen LogP contribution in [0.1, 0.15) is 6.92 Å². The summed E-state index contributed by atoms with van der Waals surface area (Å²) in [5.74, 6) is 0. The van der Waals surface area contributed by atoms with Crippen LogP contribution in [0.15, 0.2) is 33.6 Å². The van der Waals surface area contributed by atoms with E-state index in [1.165, 1.54) is 0 Å². The molecule has 1 aromatic rings. The molecular weight excluding hydrogens is 304 g/mol. The van der Waals surface area contributed by atoms with Crippen molar-refractivity contribution in [1.82, 2.24) is 9.62 Å². The predicted octanol–water partition coefficient (Wildman–Crippen LogP) is 1.68. The van der Waals surface area contributed by atoms with E-state index in [0.29, 0.717) is 6.54 Å². The van der Waals surface area contributed by atoms with Crippen molar-refractivity contribution >= 4 is 26.0 Å². The Morgan fingerprint density at radius 2 is 1.82 bits per heavy atom. The Kier molecular flexibility index (Phi) is 5.12. The summed E-state index contributed by atoms with van der Waals surface area (Å²) in [7, 11) is 0.427. The highest BCUT2D eigenvalue weighted by Crippen LogP contribution is 2.14. The van der Waals surface area contributed by atoms with Crippen LogP contribution in [0.5, 0.6) is 0 Å². The Labute approximate surface area is 111 Å². The van der Waals surface area contributed by atoms with Gasteiger partial charge in [0.25, 0.3) is 0 Å². The van der Waals surface area contributed by atoms with Gasteiger partial charge in [0, 0.05) is 17.1 Å². The Hall–Kier alpha value is -0.430. The molecule has 0 fully saturated rings. The van der Waals surface area contributed by atoms with Crippen LogP contribution in [0.4, 0.5) is 0 Å². The van der Waals surface area contributed by atoms with Gasteiger partial charge in [-0.25, -0.2) is 13.1 Å². The van der Waals surface area contributed by atoms with Crippen LogP contribution in [0.2, 0.25) is 0 Å². The molecule has 1 rings (SSSR count). The highest BCUT2D eigenvalue weighted by molar-refractivity contribution is 9.10. The molecule has 1 N–H and O–H groups in total. The number of sulfonamides is 1.